The van der Waals surface area contributed by atoms with Crippen LogP contribution in [0.3, 0.4) is 0 Å². The Morgan fingerprint density at radius 1 is 1.14 bits per heavy atom. The third-order valence-corrected chi connectivity index (χ3v) is 10.2. The van der Waals surface area contributed by atoms with Gasteiger partial charge in [-0.3, -0.25) is 9.59 Å². The maximum Gasteiger partial charge on any atom is 0.339 e. The highest BCUT2D eigenvalue weighted by Gasteiger charge is 2.70. The van der Waals surface area contributed by atoms with Crippen LogP contribution in [0.1, 0.15) is 69.7 Å². The van der Waals surface area contributed by atoms with Crippen molar-refractivity contribution in [3.8, 4) is 0 Å². The highest BCUT2D eigenvalue weighted by molar-refractivity contribution is 5.96. The lowest BCUT2D eigenvalue weighted by Gasteiger charge is -2.62. The largest absolute Gasteiger partial charge is 0.447 e. The van der Waals surface area contributed by atoms with E-state index in [4.69, 9.17) is 4.74 Å². The number of aliphatic hydroxyl groups is 2. The molecule has 0 aliphatic heterocycles. The number of esters is 1. The minimum atomic E-state index is -1.48. The number of hydrogen-bond donors (Lipinski definition) is 2. The van der Waals surface area contributed by atoms with E-state index in [0.29, 0.717) is 31.2 Å². The molecule has 5 rings (SSSR count). The number of carbonyl (C=O) groups excluding carboxylic acids is 3. The second kappa shape index (κ2) is 8.38. The summed E-state index contributed by atoms with van der Waals surface area (Å²) in [5, 5.41) is 21.7. The van der Waals surface area contributed by atoms with Gasteiger partial charge in [0.25, 0.3) is 0 Å². The summed E-state index contributed by atoms with van der Waals surface area (Å²) in [5.41, 5.74) is -1.01. The maximum atomic E-state index is 13.4. The maximum absolute atomic E-state index is 13.4. The molecule has 0 heterocycles. The fourth-order valence-electron chi connectivity index (χ4n) is 8.71. The van der Waals surface area contributed by atoms with Crippen LogP contribution in [0.15, 0.2) is 42.0 Å². The third kappa shape index (κ3) is 3.40. The normalized spacial score (nSPS) is 42.4. The fourth-order valence-corrected chi connectivity index (χ4v) is 8.71. The topological polar surface area (TPSA) is 101 Å². The van der Waals surface area contributed by atoms with Gasteiger partial charge in [0.1, 0.15) is 6.61 Å². The van der Waals surface area contributed by atoms with Gasteiger partial charge in [-0.1, -0.05) is 44.5 Å². The van der Waals surface area contributed by atoms with Crippen molar-refractivity contribution in [3.63, 3.8) is 0 Å². The van der Waals surface area contributed by atoms with Crippen molar-refractivity contribution in [2.75, 3.05) is 6.61 Å². The molecule has 0 saturated heterocycles. The summed E-state index contributed by atoms with van der Waals surface area (Å²) in [5.74, 6) is -0.510. The van der Waals surface area contributed by atoms with Crippen LogP contribution in [0, 0.1) is 34.5 Å². The number of benzene rings is 1. The van der Waals surface area contributed by atoms with E-state index < -0.39 is 35.5 Å². The predicted molar refractivity (Wildman–Crippen MR) is 129 cm³/mol. The van der Waals surface area contributed by atoms with Crippen LogP contribution >= 0.6 is 0 Å². The Kier molecular flexibility index (Phi) is 5.84. The van der Waals surface area contributed by atoms with E-state index >= 15 is 0 Å². The van der Waals surface area contributed by atoms with Crippen LogP contribution in [0.5, 0.6) is 0 Å². The number of carbonyl (C=O) groups is 3. The molecule has 0 aromatic heterocycles. The van der Waals surface area contributed by atoms with Gasteiger partial charge in [0.15, 0.2) is 11.4 Å². The first-order valence-corrected chi connectivity index (χ1v) is 12.9. The number of hydrogen-bond acceptors (Lipinski definition) is 6. The highest BCUT2D eigenvalue weighted by Crippen LogP contribution is 2.69. The lowest BCUT2D eigenvalue weighted by atomic mass is 9.44. The SMILES string of the molecule is CC1C[C@@H]2[C@H](C(O)C[C@@]3(C)[C@H]2CC[C@]3(OC(=O)c2ccccc2)C(=O)CO)[C@@]2(C)CCC(=O)C=C12. The Labute approximate surface area is 206 Å². The fraction of sp³-hybridized carbons (Fsp3) is 0.621. The molecule has 3 saturated carbocycles. The molecule has 188 valence electrons. The summed E-state index contributed by atoms with van der Waals surface area (Å²) in [6.45, 7) is 5.62. The zero-order valence-electron chi connectivity index (χ0n) is 20.8. The van der Waals surface area contributed by atoms with Crippen molar-refractivity contribution in [1.82, 2.24) is 0 Å². The number of fused-ring (bicyclic) bond motifs is 5. The quantitative estimate of drug-likeness (QED) is 0.634. The van der Waals surface area contributed by atoms with Crippen molar-refractivity contribution >= 4 is 17.5 Å². The molecule has 4 aliphatic carbocycles. The zero-order chi connectivity index (χ0) is 25.2. The molecule has 4 aliphatic rings. The lowest BCUT2D eigenvalue weighted by Crippen LogP contribution is -2.63. The van der Waals surface area contributed by atoms with E-state index in [1.807, 2.05) is 19.1 Å². The monoisotopic (exact) mass is 480 g/mol. The van der Waals surface area contributed by atoms with Gasteiger partial charge in [0.05, 0.1) is 11.7 Å². The molecule has 2 N–H and O–H groups in total. The lowest BCUT2D eigenvalue weighted by molar-refractivity contribution is -0.185. The second-order valence-corrected chi connectivity index (χ2v) is 11.8. The molecule has 6 heteroatoms. The van der Waals surface area contributed by atoms with Crippen LogP contribution in [0.2, 0.25) is 0 Å². The van der Waals surface area contributed by atoms with Crippen molar-refractivity contribution in [2.24, 2.45) is 34.5 Å². The van der Waals surface area contributed by atoms with Gasteiger partial charge in [-0.05, 0) is 79.4 Å². The molecule has 8 atom stereocenters. The molecular formula is C29H36O6. The first-order chi connectivity index (χ1) is 16.6. The number of rotatable bonds is 4. The Hall–Kier alpha value is -2.31. The van der Waals surface area contributed by atoms with Crippen molar-refractivity contribution in [1.29, 1.82) is 0 Å². The number of ketones is 2. The van der Waals surface area contributed by atoms with Gasteiger partial charge < -0.3 is 14.9 Å². The zero-order valence-corrected chi connectivity index (χ0v) is 20.8. The van der Waals surface area contributed by atoms with Crippen molar-refractivity contribution < 1.29 is 29.3 Å². The van der Waals surface area contributed by atoms with E-state index in [2.05, 4.69) is 13.8 Å². The Morgan fingerprint density at radius 3 is 2.54 bits per heavy atom. The third-order valence-electron chi connectivity index (χ3n) is 10.2. The molecule has 0 radical (unpaired) electrons. The van der Waals surface area contributed by atoms with Crippen molar-refractivity contribution in [2.45, 2.75) is 71.0 Å². The van der Waals surface area contributed by atoms with Crippen molar-refractivity contribution in [3.05, 3.63) is 47.5 Å². The molecule has 2 unspecified atom stereocenters. The average molecular weight is 481 g/mol. The van der Waals surface area contributed by atoms with Gasteiger partial charge >= 0.3 is 5.97 Å². The first kappa shape index (κ1) is 24.4. The Morgan fingerprint density at radius 2 is 1.86 bits per heavy atom. The molecule has 35 heavy (non-hydrogen) atoms. The Bertz CT molecular complexity index is 1080. The average Bonchev–Trinajstić information content (AvgIpc) is 3.12. The minimum Gasteiger partial charge on any atom is -0.447 e. The van der Waals surface area contributed by atoms with E-state index in [1.54, 1.807) is 24.3 Å². The molecule has 1 aromatic carbocycles. The van der Waals surface area contributed by atoms with E-state index in [-0.39, 0.29) is 34.9 Å². The summed E-state index contributed by atoms with van der Waals surface area (Å²) in [6.07, 6.45) is 4.52. The summed E-state index contributed by atoms with van der Waals surface area (Å²) < 4.78 is 6.10. The summed E-state index contributed by atoms with van der Waals surface area (Å²) in [6, 6.07) is 8.61. The minimum absolute atomic E-state index is 0.0130. The molecule has 1 aromatic rings. The standard InChI is InChI=1S/C29H36O6/c1-17-13-20-21-10-12-29(24(33)16-30,35-26(34)18-7-5-4-6-8-18)28(21,3)15-23(32)25(20)27(2)11-9-19(31)14-22(17)27/h4-8,14,17,20-21,23,25,30,32H,9-13,15-16H2,1-3H3/t17?,20-,21-,23?,25+,27-,28-,29-/m0/s1. The van der Waals surface area contributed by atoms with Gasteiger partial charge in [0.2, 0.25) is 5.78 Å². The Balaban J connectivity index is 1.55. The molecule has 3 fully saturated rings. The predicted octanol–water partition coefficient (Wildman–Crippen LogP) is 3.89. The molecule has 0 spiro atoms. The molecular weight excluding hydrogens is 444 g/mol. The van der Waals surface area contributed by atoms with Crippen LogP contribution in [-0.2, 0) is 14.3 Å². The molecule has 0 bridgehead atoms. The van der Waals surface area contributed by atoms with Gasteiger partial charge in [0, 0.05) is 11.8 Å². The smallest absolute Gasteiger partial charge is 0.339 e. The van der Waals surface area contributed by atoms with E-state index in [1.165, 1.54) is 0 Å². The summed E-state index contributed by atoms with van der Waals surface area (Å²) in [7, 11) is 0. The number of aliphatic hydroxyl groups excluding tert-OH is 2. The van der Waals surface area contributed by atoms with E-state index in [9.17, 15) is 24.6 Å². The summed E-state index contributed by atoms with van der Waals surface area (Å²) >= 11 is 0. The molecule has 6 nitrogen and oxygen atoms in total. The number of Topliss-reactive ketones (excluding diaryl/α,β-unsaturated/α-hetero) is 1. The van der Waals surface area contributed by atoms with Crippen LogP contribution in [0.25, 0.3) is 0 Å². The highest BCUT2D eigenvalue weighted by atomic mass is 16.6. The van der Waals surface area contributed by atoms with Crippen LogP contribution < -0.4 is 0 Å². The van der Waals surface area contributed by atoms with Crippen LogP contribution in [-0.4, -0.2) is 46.1 Å². The summed E-state index contributed by atoms with van der Waals surface area (Å²) in [4.78, 5) is 38.8. The second-order valence-electron chi connectivity index (χ2n) is 11.8. The molecule has 0 amide bonds. The van der Waals surface area contributed by atoms with Gasteiger partial charge in [-0.25, -0.2) is 4.79 Å². The van der Waals surface area contributed by atoms with Crippen LogP contribution in [0.4, 0.5) is 0 Å². The number of ether oxygens (including phenoxy) is 1. The number of allylic oxidation sites excluding steroid dienone is 1. The van der Waals surface area contributed by atoms with E-state index in [0.717, 1.165) is 18.4 Å². The first-order valence-electron chi connectivity index (χ1n) is 12.9. The van der Waals surface area contributed by atoms with Gasteiger partial charge in [-0.2, -0.15) is 0 Å². The van der Waals surface area contributed by atoms with Gasteiger partial charge in [-0.15, -0.1) is 0 Å².